The third-order valence-corrected chi connectivity index (χ3v) is 3.50. The number of anilines is 2. The highest BCUT2D eigenvalue weighted by molar-refractivity contribution is 6.29. The van der Waals surface area contributed by atoms with E-state index >= 15 is 0 Å². The summed E-state index contributed by atoms with van der Waals surface area (Å²) in [6.45, 7) is 3.44. The number of aromatic nitrogens is 2. The molecule has 22 heavy (non-hydrogen) atoms. The highest BCUT2D eigenvalue weighted by atomic mass is 35.5. The summed E-state index contributed by atoms with van der Waals surface area (Å²) in [7, 11) is 0. The van der Waals surface area contributed by atoms with Gasteiger partial charge in [0.15, 0.2) is 11.0 Å². The smallest absolute Gasteiger partial charge is 0.168 e. The Kier molecular flexibility index (Phi) is 4.82. The molecule has 1 aromatic heterocycles. The molecule has 0 spiro atoms. The number of hydrazone groups is 1. The van der Waals surface area contributed by atoms with Gasteiger partial charge in [-0.3, -0.25) is 5.43 Å². The lowest BCUT2D eigenvalue weighted by molar-refractivity contribution is 0.122. The summed E-state index contributed by atoms with van der Waals surface area (Å²) >= 11 is 5.67. The number of halogens is 1. The molecule has 1 fully saturated rings. The summed E-state index contributed by atoms with van der Waals surface area (Å²) in [6.07, 6.45) is 1.74. The van der Waals surface area contributed by atoms with Crippen LogP contribution in [0.1, 0.15) is 5.56 Å². The van der Waals surface area contributed by atoms with Crippen LogP contribution in [0.5, 0.6) is 0 Å². The quantitative estimate of drug-likeness (QED) is 0.693. The fourth-order valence-corrected chi connectivity index (χ4v) is 2.24. The molecule has 6 nitrogen and oxygen atoms in total. The van der Waals surface area contributed by atoms with Gasteiger partial charge in [0.1, 0.15) is 0 Å². The van der Waals surface area contributed by atoms with Crippen molar-refractivity contribution in [2.24, 2.45) is 5.10 Å². The molecular formula is C15H16ClN5O. The maximum Gasteiger partial charge on any atom is 0.168 e. The SMILES string of the molecule is Clc1ccc(N/N=C/c2ccc(N3CCOCC3)cc2)nn1. The van der Waals surface area contributed by atoms with Crippen molar-refractivity contribution in [1.82, 2.24) is 10.2 Å². The molecule has 1 aliphatic rings. The molecule has 1 saturated heterocycles. The molecule has 0 radical (unpaired) electrons. The van der Waals surface area contributed by atoms with Crippen LogP contribution in [0.25, 0.3) is 0 Å². The maximum absolute atomic E-state index is 5.67. The van der Waals surface area contributed by atoms with Crippen LogP contribution in [-0.2, 0) is 4.74 Å². The van der Waals surface area contributed by atoms with Gasteiger partial charge in [-0.05, 0) is 29.8 Å². The van der Waals surface area contributed by atoms with Gasteiger partial charge in [-0.2, -0.15) is 5.10 Å². The Balaban J connectivity index is 1.58. The van der Waals surface area contributed by atoms with E-state index in [1.165, 1.54) is 5.69 Å². The molecule has 2 aromatic rings. The summed E-state index contributed by atoms with van der Waals surface area (Å²) in [5, 5.41) is 12.1. The lowest BCUT2D eigenvalue weighted by atomic mass is 10.2. The van der Waals surface area contributed by atoms with E-state index in [-0.39, 0.29) is 0 Å². The summed E-state index contributed by atoms with van der Waals surface area (Å²) in [5.41, 5.74) is 5.02. The maximum atomic E-state index is 5.67. The lowest BCUT2D eigenvalue weighted by Gasteiger charge is -2.28. The Morgan fingerprint density at radius 1 is 1.09 bits per heavy atom. The van der Waals surface area contributed by atoms with Crippen molar-refractivity contribution >= 4 is 29.3 Å². The van der Waals surface area contributed by atoms with Gasteiger partial charge in [-0.25, -0.2) is 0 Å². The predicted octanol–water partition coefficient (Wildman–Crippen LogP) is 2.41. The number of benzene rings is 1. The van der Waals surface area contributed by atoms with Crippen LogP contribution >= 0.6 is 11.6 Å². The van der Waals surface area contributed by atoms with E-state index in [0.717, 1.165) is 31.9 Å². The van der Waals surface area contributed by atoms with Gasteiger partial charge < -0.3 is 9.64 Å². The fraction of sp³-hybridized carbons (Fsp3) is 0.267. The third kappa shape index (κ3) is 3.93. The van der Waals surface area contributed by atoms with E-state index in [4.69, 9.17) is 16.3 Å². The second-order valence-electron chi connectivity index (χ2n) is 4.80. The lowest BCUT2D eigenvalue weighted by Crippen LogP contribution is -2.36. The van der Waals surface area contributed by atoms with Crippen LogP contribution in [0.3, 0.4) is 0 Å². The first kappa shape index (κ1) is 14.7. The zero-order chi connectivity index (χ0) is 15.2. The van der Waals surface area contributed by atoms with Crippen LogP contribution < -0.4 is 10.3 Å². The van der Waals surface area contributed by atoms with E-state index < -0.39 is 0 Å². The zero-order valence-electron chi connectivity index (χ0n) is 11.9. The Morgan fingerprint density at radius 2 is 1.86 bits per heavy atom. The van der Waals surface area contributed by atoms with E-state index in [2.05, 4.69) is 37.8 Å². The molecular weight excluding hydrogens is 302 g/mol. The van der Waals surface area contributed by atoms with Gasteiger partial charge in [0, 0.05) is 18.8 Å². The molecule has 2 heterocycles. The van der Waals surface area contributed by atoms with E-state index in [9.17, 15) is 0 Å². The number of morpholine rings is 1. The van der Waals surface area contributed by atoms with Gasteiger partial charge >= 0.3 is 0 Å². The van der Waals surface area contributed by atoms with Crippen molar-refractivity contribution in [3.05, 3.63) is 47.1 Å². The van der Waals surface area contributed by atoms with E-state index in [1.54, 1.807) is 18.3 Å². The molecule has 3 rings (SSSR count). The number of hydrogen-bond acceptors (Lipinski definition) is 6. The number of nitrogens with one attached hydrogen (secondary N) is 1. The van der Waals surface area contributed by atoms with Crippen LogP contribution in [0.2, 0.25) is 5.15 Å². The predicted molar refractivity (Wildman–Crippen MR) is 87.7 cm³/mol. The molecule has 0 unspecified atom stereocenters. The molecule has 0 saturated carbocycles. The van der Waals surface area contributed by atoms with Crippen molar-refractivity contribution in [1.29, 1.82) is 0 Å². The van der Waals surface area contributed by atoms with Gasteiger partial charge in [-0.1, -0.05) is 23.7 Å². The molecule has 1 aliphatic heterocycles. The fourth-order valence-electron chi connectivity index (χ4n) is 2.14. The van der Waals surface area contributed by atoms with Crippen molar-refractivity contribution in [3.8, 4) is 0 Å². The minimum absolute atomic E-state index is 0.355. The monoisotopic (exact) mass is 317 g/mol. The second kappa shape index (κ2) is 7.20. The van der Waals surface area contributed by atoms with Crippen LogP contribution in [0.4, 0.5) is 11.5 Å². The summed E-state index contributed by atoms with van der Waals surface area (Å²) in [6, 6.07) is 11.6. The molecule has 1 aromatic carbocycles. The Morgan fingerprint density at radius 3 is 2.55 bits per heavy atom. The summed E-state index contributed by atoms with van der Waals surface area (Å²) in [4.78, 5) is 2.31. The zero-order valence-corrected chi connectivity index (χ0v) is 12.7. The van der Waals surface area contributed by atoms with E-state index in [1.807, 2.05) is 12.1 Å². The largest absolute Gasteiger partial charge is 0.378 e. The molecule has 1 N–H and O–H groups in total. The average Bonchev–Trinajstić information content (AvgIpc) is 2.58. The normalized spacial score (nSPS) is 15.2. The van der Waals surface area contributed by atoms with Gasteiger partial charge in [0.25, 0.3) is 0 Å². The Bertz CT molecular complexity index is 623. The Hall–Kier alpha value is -2.18. The van der Waals surface area contributed by atoms with Gasteiger partial charge in [-0.15, -0.1) is 10.2 Å². The van der Waals surface area contributed by atoms with Crippen molar-refractivity contribution in [2.45, 2.75) is 0 Å². The topological polar surface area (TPSA) is 62.6 Å². The summed E-state index contributed by atoms with van der Waals surface area (Å²) < 4.78 is 5.36. The third-order valence-electron chi connectivity index (χ3n) is 3.29. The highest BCUT2D eigenvalue weighted by Crippen LogP contribution is 2.16. The molecule has 0 aliphatic carbocycles. The second-order valence-corrected chi connectivity index (χ2v) is 5.19. The summed E-state index contributed by atoms with van der Waals surface area (Å²) in [5.74, 6) is 0.547. The minimum atomic E-state index is 0.355. The Labute approximate surface area is 133 Å². The van der Waals surface area contributed by atoms with Gasteiger partial charge in [0.2, 0.25) is 0 Å². The molecule has 0 amide bonds. The van der Waals surface area contributed by atoms with E-state index in [0.29, 0.717) is 11.0 Å². The van der Waals surface area contributed by atoms with Crippen molar-refractivity contribution < 1.29 is 4.74 Å². The minimum Gasteiger partial charge on any atom is -0.378 e. The number of rotatable bonds is 4. The van der Waals surface area contributed by atoms with Gasteiger partial charge in [0.05, 0.1) is 19.4 Å². The molecule has 114 valence electrons. The molecule has 0 bridgehead atoms. The van der Waals surface area contributed by atoms with Crippen LogP contribution in [-0.4, -0.2) is 42.7 Å². The first-order valence-corrected chi connectivity index (χ1v) is 7.40. The van der Waals surface area contributed by atoms with Crippen molar-refractivity contribution in [3.63, 3.8) is 0 Å². The highest BCUT2D eigenvalue weighted by Gasteiger charge is 2.10. The number of nitrogens with zero attached hydrogens (tertiary/aromatic N) is 4. The first-order chi connectivity index (χ1) is 10.8. The average molecular weight is 318 g/mol. The van der Waals surface area contributed by atoms with Crippen LogP contribution in [0.15, 0.2) is 41.5 Å². The molecule has 7 heteroatoms. The van der Waals surface area contributed by atoms with Crippen LogP contribution in [0, 0.1) is 0 Å². The molecule has 0 atom stereocenters. The standard InChI is InChI=1S/C15H16ClN5O/c16-14-5-6-15(20-18-14)19-17-11-12-1-3-13(4-2-12)21-7-9-22-10-8-21/h1-6,11H,7-10H2,(H,19,20)/b17-11+. The number of ether oxygens (including phenoxy) is 1. The van der Waals surface area contributed by atoms with Crippen molar-refractivity contribution in [2.75, 3.05) is 36.6 Å². The first-order valence-electron chi connectivity index (χ1n) is 7.02. The number of hydrogen-bond donors (Lipinski definition) is 1.